The van der Waals surface area contributed by atoms with Crippen molar-refractivity contribution in [1.29, 1.82) is 5.26 Å². The number of hydrogen-bond donors (Lipinski definition) is 1. The molecule has 0 spiro atoms. The Labute approximate surface area is 144 Å². The molecule has 1 unspecified atom stereocenters. The van der Waals surface area contributed by atoms with Crippen molar-refractivity contribution in [2.45, 2.75) is 18.9 Å². The van der Waals surface area contributed by atoms with Crippen molar-refractivity contribution in [3.63, 3.8) is 0 Å². The number of aryl methyl sites for hydroxylation is 1. The summed E-state index contributed by atoms with van der Waals surface area (Å²) >= 11 is 6.24. The molecular formula is C16H17ClN6O. The molecule has 24 heavy (non-hydrogen) atoms. The standard InChI is InChI=1S/C16H17ClN6O/c1-22-9-14(20-10-22)16(24)21-12-3-2-4-23(8-12)15-13(17)5-11(6-18)7-19-15/h5,7,9-10,12H,2-4,8H2,1H3,(H,21,24). The molecule has 0 bridgehead atoms. The smallest absolute Gasteiger partial charge is 0.271 e. The molecule has 8 heteroatoms. The normalized spacial score (nSPS) is 17.4. The molecule has 0 saturated carbocycles. The number of nitriles is 1. The van der Waals surface area contributed by atoms with Gasteiger partial charge in [-0.25, -0.2) is 9.97 Å². The molecule has 3 heterocycles. The van der Waals surface area contributed by atoms with Crippen LogP contribution in [0, 0.1) is 11.3 Å². The number of nitrogens with one attached hydrogen (secondary N) is 1. The number of halogens is 1. The Morgan fingerprint density at radius 1 is 1.50 bits per heavy atom. The summed E-state index contributed by atoms with van der Waals surface area (Å²) in [4.78, 5) is 22.6. The highest BCUT2D eigenvalue weighted by Gasteiger charge is 2.24. The second-order valence-electron chi connectivity index (χ2n) is 5.82. The first-order valence-corrected chi connectivity index (χ1v) is 8.04. The van der Waals surface area contributed by atoms with Crippen molar-refractivity contribution in [2.75, 3.05) is 18.0 Å². The summed E-state index contributed by atoms with van der Waals surface area (Å²) in [6.07, 6.45) is 6.61. The fourth-order valence-corrected chi connectivity index (χ4v) is 3.09. The molecule has 1 amide bonds. The molecular weight excluding hydrogens is 328 g/mol. The Morgan fingerprint density at radius 3 is 3.00 bits per heavy atom. The van der Waals surface area contributed by atoms with E-state index >= 15 is 0 Å². The van der Waals surface area contributed by atoms with Gasteiger partial charge >= 0.3 is 0 Å². The zero-order valence-electron chi connectivity index (χ0n) is 13.2. The molecule has 7 nitrogen and oxygen atoms in total. The van der Waals surface area contributed by atoms with E-state index in [2.05, 4.69) is 15.3 Å². The first kappa shape index (κ1) is 16.3. The first-order valence-electron chi connectivity index (χ1n) is 7.66. The van der Waals surface area contributed by atoms with Crippen LogP contribution in [0.25, 0.3) is 0 Å². The van der Waals surface area contributed by atoms with Crippen LogP contribution in [0.5, 0.6) is 0 Å². The van der Waals surface area contributed by atoms with Gasteiger partial charge in [0.1, 0.15) is 17.6 Å². The maximum absolute atomic E-state index is 12.2. The van der Waals surface area contributed by atoms with Gasteiger partial charge in [-0.2, -0.15) is 5.26 Å². The van der Waals surface area contributed by atoms with Crippen LogP contribution in [0.1, 0.15) is 28.9 Å². The Balaban J connectivity index is 1.68. The van der Waals surface area contributed by atoms with Gasteiger partial charge in [-0.05, 0) is 18.9 Å². The topological polar surface area (TPSA) is 86.8 Å². The van der Waals surface area contributed by atoms with Crippen LogP contribution in [0.3, 0.4) is 0 Å². The van der Waals surface area contributed by atoms with Crippen molar-refractivity contribution >= 4 is 23.3 Å². The van der Waals surface area contributed by atoms with Crippen LogP contribution in [0.15, 0.2) is 24.8 Å². The van der Waals surface area contributed by atoms with Gasteiger partial charge in [-0.15, -0.1) is 0 Å². The van der Waals surface area contributed by atoms with E-state index in [0.29, 0.717) is 28.6 Å². The SMILES string of the molecule is Cn1cnc(C(=O)NC2CCCN(c3ncc(C#N)cc3Cl)C2)c1. The molecule has 124 valence electrons. The number of carbonyl (C=O) groups excluding carboxylic acids is 1. The van der Waals surface area contributed by atoms with Crippen molar-refractivity contribution in [2.24, 2.45) is 7.05 Å². The number of anilines is 1. The summed E-state index contributed by atoms with van der Waals surface area (Å²) < 4.78 is 1.74. The lowest BCUT2D eigenvalue weighted by Crippen LogP contribution is -2.48. The molecule has 2 aromatic rings. The van der Waals surface area contributed by atoms with E-state index < -0.39 is 0 Å². The average molecular weight is 345 g/mol. The van der Waals surface area contributed by atoms with Gasteiger partial charge in [0.2, 0.25) is 0 Å². The van der Waals surface area contributed by atoms with Gasteiger partial charge < -0.3 is 14.8 Å². The zero-order valence-corrected chi connectivity index (χ0v) is 14.0. The third-order valence-corrected chi connectivity index (χ3v) is 4.22. The zero-order chi connectivity index (χ0) is 17.1. The Kier molecular flexibility index (Phi) is 4.67. The number of aromatic nitrogens is 3. The summed E-state index contributed by atoms with van der Waals surface area (Å²) in [6.45, 7) is 1.44. The van der Waals surface area contributed by atoms with Crippen molar-refractivity contribution < 1.29 is 4.79 Å². The molecule has 1 aliphatic rings. The van der Waals surface area contributed by atoms with Gasteiger partial charge in [0, 0.05) is 38.6 Å². The van der Waals surface area contributed by atoms with Crippen LogP contribution < -0.4 is 10.2 Å². The molecule has 2 aromatic heterocycles. The van der Waals surface area contributed by atoms with Crippen LogP contribution in [0.4, 0.5) is 5.82 Å². The van der Waals surface area contributed by atoms with E-state index in [-0.39, 0.29) is 11.9 Å². The minimum Gasteiger partial charge on any atom is -0.353 e. The molecule has 0 radical (unpaired) electrons. The second kappa shape index (κ2) is 6.89. The Hall–Kier alpha value is -2.59. The Bertz CT molecular complexity index is 796. The molecule has 0 aliphatic carbocycles. The molecule has 1 N–H and O–H groups in total. The van der Waals surface area contributed by atoms with Crippen LogP contribution >= 0.6 is 11.6 Å². The third-order valence-electron chi connectivity index (χ3n) is 3.94. The summed E-state index contributed by atoms with van der Waals surface area (Å²) in [7, 11) is 1.82. The summed E-state index contributed by atoms with van der Waals surface area (Å²) in [5.74, 6) is 0.466. The van der Waals surface area contributed by atoms with E-state index in [9.17, 15) is 4.79 Å². The van der Waals surface area contributed by atoms with Gasteiger partial charge in [-0.1, -0.05) is 11.6 Å². The molecule has 1 aliphatic heterocycles. The highest BCUT2D eigenvalue weighted by atomic mass is 35.5. The monoisotopic (exact) mass is 344 g/mol. The predicted molar refractivity (Wildman–Crippen MR) is 89.9 cm³/mol. The number of nitrogens with zero attached hydrogens (tertiary/aromatic N) is 5. The molecule has 1 saturated heterocycles. The lowest BCUT2D eigenvalue weighted by atomic mass is 10.1. The predicted octanol–water partition coefficient (Wildman–Crippen LogP) is 1.74. The summed E-state index contributed by atoms with van der Waals surface area (Å²) in [6, 6.07) is 3.63. The lowest BCUT2D eigenvalue weighted by molar-refractivity contribution is 0.0928. The highest BCUT2D eigenvalue weighted by molar-refractivity contribution is 6.33. The van der Waals surface area contributed by atoms with Crippen LogP contribution in [-0.4, -0.2) is 39.6 Å². The van der Waals surface area contributed by atoms with Crippen molar-refractivity contribution in [3.05, 3.63) is 41.1 Å². The quantitative estimate of drug-likeness (QED) is 0.916. The van der Waals surface area contributed by atoms with Gasteiger partial charge in [0.25, 0.3) is 5.91 Å². The maximum Gasteiger partial charge on any atom is 0.271 e. The fourth-order valence-electron chi connectivity index (χ4n) is 2.80. The number of pyridine rings is 1. The van der Waals surface area contributed by atoms with E-state index in [1.54, 1.807) is 23.2 Å². The number of hydrogen-bond acceptors (Lipinski definition) is 5. The third kappa shape index (κ3) is 3.49. The van der Waals surface area contributed by atoms with E-state index in [0.717, 1.165) is 19.4 Å². The maximum atomic E-state index is 12.2. The fraction of sp³-hybridized carbons (Fsp3) is 0.375. The summed E-state index contributed by atoms with van der Waals surface area (Å²) in [5, 5.41) is 12.4. The van der Waals surface area contributed by atoms with Crippen molar-refractivity contribution in [1.82, 2.24) is 19.9 Å². The average Bonchev–Trinajstić information content (AvgIpc) is 3.01. The number of imidazole rings is 1. The van der Waals surface area contributed by atoms with E-state index in [4.69, 9.17) is 16.9 Å². The van der Waals surface area contributed by atoms with Gasteiger partial charge in [-0.3, -0.25) is 4.79 Å². The van der Waals surface area contributed by atoms with Crippen LogP contribution in [-0.2, 0) is 7.05 Å². The lowest BCUT2D eigenvalue weighted by Gasteiger charge is -2.34. The first-order chi connectivity index (χ1) is 11.6. The van der Waals surface area contributed by atoms with Crippen molar-refractivity contribution in [3.8, 4) is 6.07 Å². The number of carbonyl (C=O) groups is 1. The summed E-state index contributed by atoms with van der Waals surface area (Å²) in [5.41, 5.74) is 0.838. The minimum atomic E-state index is -0.179. The van der Waals surface area contributed by atoms with Crippen LogP contribution in [0.2, 0.25) is 5.02 Å². The molecule has 1 fully saturated rings. The number of rotatable bonds is 3. The number of piperidine rings is 1. The minimum absolute atomic E-state index is 0.00164. The van der Waals surface area contributed by atoms with E-state index in [1.807, 2.05) is 18.0 Å². The highest BCUT2D eigenvalue weighted by Crippen LogP contribution is 2.26. The Morgan fingerprint density at radius 2 is 2.33 bits per heavy atom. The number of amides is 1. The molecule has 0 aromatic carbocycles. The molecule has 3 rings (SSSR count). The van der Waals surface area contributed by atoms with Gasteiger partial charge in [0.15, 0.2) is 0 Å². The largest absolute Gasteiger partial charge is 0.353 e. The van der Waals surface area contributed by atoms with E-state index in [1.165, 1.54) is 6.20 Å². The van der Waals surface area contributed by atoms with Gasteiger partial charge in [0.05, 0.1) is 16.9 Å². The second-order valence-corrected chi connectivity index (χ2v) is 6.23. The molecule has 1 atom stereocenters.